The van der Waals surface area contributed by atoms with Gasteiger partial charge in [0.1, 0.15) is 22.7 Å². The summed E-state index contributed by atoms with van der Waals surface area (Å²) in [4.78, 5) is 29.4. The van der Waals surface area contributed by atoms with Crippen molar-refractivity contribution in [3.05, 3.63) is 28.7 Å². The maximum Gasteiger partial charge on any atom is 0.320 e. The second kappa shape index (κ2) is 5.54. The first-order valence-corrected chi connectivity index (χ1v) is 8.19. The van der Waals surface area contributed by atoms with Crippen molar-refractivity contribution in [2.24, 2.45) is 0 Å². The molecule has 0 unspecified atom stereocenters. The van der Waals surface area contributed by atoms with Crippen LogP contribution in [0, 0.1) is 6.92 Å². The smallest absolute Gasteiger partial charge is 0.320 e. The number of hydrogen-bond donors (Lipinski definition) is 2. The lowest BCUT2D eigenvalue weighted by Crippen LogP contribution is -2.30. The van der Waals surface area contributed by atoms with Crippen LogP contribution in [0.15, 0.2) is 23.7 Å². The van der Waals surface area contributed by atoms with Gasteiger partial charge in [0.15, 0.2) is 5.65 Å². The van der Waals surface area contributed by atoms with E-state index in [1.807, 2.05) is 12.3 Å². The van der Waals surface area contributed by atoms with Crippen LogP contribution in [0.2, 0.25) is 0 Å². The summed E-state index contributed by atoms with van der Waals surface area (Å²) in [7, 11) is 0. The Morgan fingerprint density at radius 3 is 2.83 bits per heavy atom. The normalized spacial score (nSPS) is 14.0. The molecule has 3 aromatic heterocycles. The molecule has 1 aliphatic carbocycles. The average molecular weight is 326 g/mol. The van der Waals surface area contributed by atoms with E-state index in [9.17, 15) is 4.79 Å². The van der Waals surface area contributed by atoms with E-state index in [1.165, 1.54) is 0 Å². The number of carbonyl (C=O) groups is 1. The van der Waals surface area contributed by atoms with Crippen LogP contribution in [-0.4, -0.2) is 32.0 Å². The topological polar surface area (TPSA) is 92.7 Å². The number of hydrogen-bond acceptors (Lipinski definition) is 6. The fourth-order valence-corrected chi connectivity index (χ4v) is 2.74. The maximum absolute atomic E-state index is 11.8. The van der Waals surface area contributed by atoms with E-state index >= 15 is 0 Å². The molecule has 8 heteroatoms. The molecule has 23 heavy (non-hydrogen) atoms. The third-order valence-electron chi connectivity index (χ3n) is 3.44. The Balaban J connectivity index is 1.62. The SMILES string of the molecule is Cc1nc(-c2cnc3ccc(NC(=O)NC4CC4)nc3n2)cs1. The van der Waals surface area contributed by atoms with Gasteiger partial charge in [-0.25, -0.2) is 19.7 Å². The standard InChI is InChI=1S/C15H14N6OS/c1-8-17-12(7-23-8)11-6-16-10-4-5-13(20-14(10)19-11)21-15(22)18-9-2-3-9/h4-7,9H,2-3H2,1H3,(H2,18,19,20,21,22). The molecule has 0 bridgehead atoms. The molecular formula is C15H14N6OS. The van der Waals surface area contributed by atoms with Gasteiger partial charge in [0.25, 0.3) is 0 Å². The highest BCUT2D eigenvalue weighted by atomic mass is 32.1. The molecule has 7 nitrogen and oxygen atoms in total. The third kappa shape index (κ3) is 3.11. The highest BCUT2D eigenvalue weighted by Gasteiger charge is 2.23. The first-order chi connectivity index (χ1) is 11.2. The Morgan fingerprint density at radius 1 is 1.22 bits per heavy atom. The summed E-state index contributed by atoms with van der Waals surface area (Å²) >= 11 is 1.56. The van der Waals surface area contributed by atoms with E-state index in [0.29, 0.717) is 28.7 Å². The van der Waals surface area contributed by atoms with Crippen molar-refractivity contribution in [2.45, 2.75) is 25.8 Å². The fourth-order valence-electron chi connectivity index (χ4n) is 2.14. The summed E-state index contributed by atoms with van der Waals surface area (Å²) in [6.45, 7) is 1.95. The number of thiazole rings is 1. The summed E-state index contributed by atoms with van der Waals surface area (Å²) in [6, 6.07) is 3.57. The molecule has 3 aromatic rings. The Labute approximate surface area is 136 Å². The van der Waals surface area contributed by atoms with Crippen LogP contribution in [0.4, 0.5) is 10.6 Å². The minimum Gasteiger partial charge on any atom is -0.335 e. The molecule has 2 amide bonds. The molecule has 1 aliphatic rings. The fraction of sp³-hybridized carbons (Fsp3) is 0.267. The molecule has 0 spiro atoms. The van der Waals surface area contributed by atoms with Crippen molar-refractivity contribution in [1.82, 2.24) is 25.3 Å². The quantitative estimate of drug-likeness (QED) is 0.772. The van der Waals surface area contributed by atoms with Crippen LogP contribution in [0.1, 0.15) is 17.8 Å². The number of pyridine rings is 1. The molecule has 2 N–H and O–H groups in total. The number of nitrogens with zero attached hydrogens (tertiary/aromatic N) is 4. The number of urea groups is 1. The summed E-state index contributed by atoms with van der Waals surface area (Å²) in [6.07, 6.45) is 3.77. The van der Waals surface area contributed by atoms with Crippen LogP contribution in [0.25, 0.3) is 22.6 Å². The van der Waals surface area contributed by atoms with Gasteiger partial charge in [-0.2, -0.15) is 0 Å². The second-order valence-electron chi connectivity index (χ2n) is 5.42. The first-order valence-electron chi connectivity index (χ1n) is 7.31. The van der Waals surface area contributed by atoms with E-state index in [4.69, 9.17) is 0 Å². The molecule has 1 saturated carbocycles. The maximum atomic E-state index is 11.8. The van der Waals surface area contributed by atoms with E-state index < -0.39 is 0 Å². The van der Waals surface area contributed by atoms with Crippen molar-refractivity contribution in [3.8, 4) is 11.4 Å². The summed E-state index contributed by atoms with van der Waals surface area (Å²) in [5.74, 6) is 0.455. The molecule has 0 atom stereocenters. The summed E-state index contributed by atoms with van der Waals surface area (Å²) in [5, 5.41) is 8.50. The molecule has 0 radical (unpaired) electrons. The van der Waals surface area contributed by atoms with Crippen molar-refractivity contribution in [3.63, 3.8) is 0 Å². The van der Waals surface area contributed by atoms with Gasteiger partial charge < -0.3 is 5.32 Å². The van der Waals surface area contributed by atoms with E-state index in [0.717, 1.165) is 23.5 Å². The van der Waals surface area contributed by atoms with Crippen molar-refractivity contribution in [1.29, 1.82) is 0 Å². The predicted octanol–water partition coefficient (Wildman–Crippen LogP) is 2.74. The third-order valence-corrected chi connectivity index (χ3v) is 4.22. The van der Waals surface area contributed by atoms with Gasteiger partial charge in [-0.1, -0.05) is 0 Å². The van der Waals surface area contributed by atoms with Gasteiger partial charge in [-0.05, 0) is 31.9 Å². The van der Waals surface area contributed by atoms with Crippen LogP contribution in [0.5, 0.6) is 0 Å². The minimum atomic E-state index is -0.237. The summed E-state index contributed by atoms with van der Waals surface area (Å²) in [5.41, 5.74) is 2.62. The molecule has 3 heterocycles. The van der Waals surface area contributed by atoms with E-state index in [1.54, 1.807) is 29.7 Å². The number of aryl methyl sites for hydroxylation is 1. The van der Waals surface area contributed by atoms with Crippen molar-refractivity contribution in [2.75, 3.05) is 5.32 Å². The zero-order valence-corrected chi connectivity index (χ0v) is 13.2. The van der Waals surface area contributed by atoms with Gasteiger partial charge in [-0.15, -0.1) is 11.3 Å². The molecule has 0 saturated heterocycles. The number of fused-ring (bicyclic) bond motifs is 1. The molecular weight excluding hydrogens is 312 g/mol. The predicted molar refractivity (Wildman–Crippen MR) is 88.4 cm³/mol. The Bertz CT molecular complexity index is 889. The average Bonchev–Trinajstić information content (AvgIpc) is 3.24. The van der Waals surface area contributed by atoms with Gasteiger partial charge in [-0.3, -0.25) is 10.3 Å². The highest BCUT2D eigenvalue weighted by molar-refractivity contribution is 7.09. The van der Waals surface area contributed by atoms with Gasteiger partial charge >= 0.3 is 6.03 Å². The molecule has 4 rings (SSSR count). The highest BCUT2D eigenvalue weighted by Crippen LogP contribution is 2.21. The number of nitrogens with one attached hydrogen (secondary N) is 2. The monoisotopic (exact) mass is 326 g/mol. The van der Waals surface area contributed by atoms with Crippen molar-refractivity contribution >= 4 is 34.3 Å². The Morgan fingerprint density at radius 2 is 2.09 bits per heavy atom. The zero-order valence-electron chi connectivity index (χ0n) is 12.4. The molecule has 0 aromatic carbocycles. The van der Waals surface area contributed by atoms with Crippen LogP contribution >= 0.6 is 11.3 Å². The lowest BCUT2D eigenvalue weighted by Gasteiger charge is -2.06. The number of aromatic nitrogens is 4. The number of rotatable bonds is 3. The molecule has 116 valence electrons. The van der Waals surface area contributed by atoms with E-state index in [2.05, 4.69) is 30.6 Å². The lowest BCUT2D eigenvalue weighted by atomic mass is 10.3. The molecule has 0 aliphatic heterocycles. The Hall–Kier alpha value is -2.61. The number of anilines is 1. The minimum absolute atomic E-state index is 0.237. The zero-order chi connectivity index (χ0) is 15.8. The van der Waals surface area contributed by atoms with Gasteiger partial charge in [0.05, 0.1) is 11.2 Å². The van der Waals surface area contributed by atoms with Crippen molar-refractivity contribution < 1.29 is 4.79 Å². The van der Waals surface area contributed by atoms with E-state index in [-0.39, 0.29) is 6.03 Å². The van der Waals surface area contributed by atoms with Crippen LogP contribution in [0.3, 0.4) is 0 Å². The number of amides is 2. The largest absolute Gasteiger partial charge is 0.335 e. The van der Waals surface area contributed by atoms with Crippen LogP contribution in [-0.2, 0) is 0 Å². The first kappa shape index (κ1) is 14.0. The van der Waals surface area contributed by atoms with Gasteiger partial charge in [0, 0.05) is 11.4 Å². The van der Waals surface area contributed by atoms with Crippen LogP contribution < -0.4 is 10.6 Å². The summed E-state index contributed by atoms with van der Waals surface area (Å²) < 4.78 is 0. The number of carbonyl (C=O) groups excluding carboxylic acids is 1. The Kier molecular flexibility index (Phi) is 3.38. The second-order valence-corrected chi connectivity index (χ2v) is 6.48. The molecule has 1 fully saturated rings. The lowest BCUT2D eigenvalue weighted by molar-refractivity contribution is 0.251. The van der Waals surface area contributed by atoms with Gasteiger partial charge in [0.2, 0.25) is 0 Å².